The van der Waals surface area contributed by atoms with Crippen molar-refractivity contribution >= 4 is 41.0 Å². The largest absolute Gasteiger partial charge is 0.352 e. The Bertz CT molecular complexity index is 497. The van der Waals surface area contributed by atoms with Crippen LogP contribution in [0.2, 0.25) is 5.02 Å². The van der Waals surface area contributed by atoms with Gasteiger partial charge in [0.25, 0.3) is 0 Å². The van der Waals surface area contributed by atoms with Crippen molar-refractivity contribution in [1.82, 2.24) is 5.32 Å². The highest BCUT2D eigenvalue weighted by molar-refractivity contribution is 7.98. The molecule has 20 heavy (non-hydrogen) atoms. The minimum Gasteiger partial charge on any atom is -0.352 e. The normalized spacial score (nSPS) is 11.8. The Labute approximate surface area is 127 Å². The summed E-state index contributed by atoms with van der Waals surface area (Å²) in [6, 6.07) is 3.83. The number of hydrogen-bond acceptors (Lipinski definition) is 3. The topological polar surface area (TPSA) is 84.2 Å². The molecule has 7 heteroatoms. The van der Waals surface area contributed by atoms with E-state index in [1.54, 1.807) is 30.0 Å². The molecule has 1 atom stereocenters. The van der Waals surface area contributed by atoms with Gasteiger partial charge in [-0.05, 0) is 49.1 Å². The maximum atomic E-state index is 12.2. The van der Waals surface area contributed by atoms with Gasteiger partial charge in [-0.2, -0.15) is 11.8 Å². The van der Waals surface area contributed by atoms with Gasteiger partial charge in [-0.1, -0.05) is 11.6 Å². The SMILES string of the molecule is CSCC[C@@H](NC(N)=O)C(=O)Nc1ccc(Cl)cc1C. The van der Waals surface area contributed by atoms with Crippen LogP contribution in [0.5, 0.6) is 0 Å². The van der Waals surface area contributed by atoms with Crippen molar-refractivity contribution in [3.8, 4) is 0 Å². The minimum absolute atomic E-state index is 0.289. The molecule has 110 valence electrons. The number of nitrogens with one attached hydrogen (secondary N) is 2. The summed E-state index contributed by atoms with van der Waals surface area (Å²) in [5.74, 6) is 0.459. The Kier molecular flexibility index (Phi) is 6.67. The molecule has 0 heterocycles. The van der Waals surface area contributed by atoms with Crippen LogP contribution in [0, 0.1) is 6.92 Å². The number of rotatable bonds is 6. The Morgan fingerprint density at radius 2 is 2.15 bits per heavy atom. The zero-order valence-corrected chi connectivity index (χ0v) is 13.0. The van der Waals surface area contributed by atoms with Crippen molar-refractivity contribution in [2.24, 2.45) is 5.73 Å². The first kappa shape index (κ1) is 16.7. The third kappa shape index (κ3) is 5.30. The Balaban J connectivity index is 2.76. The van der Waals surface area contributed by atoms with Gasteiger partial charge < -0.3 is 16.4 Å². The second-order valence-corrected chi connectivity index (χ2v) is 5.71. The minimum atomic E-state index is -0.709. The van der Waals surface area contributed by atoms with Gasteiger partial charge in [0.1, 0.15) is 6.04 Å². The van der Waals surface area contributed by atoms with Crippen molar-refractivity contribution in [3.05, 3.63) is 28.8 Å². The van der Waals surface area contributed by atoms with E-state index in [1.807, 2.05) is 13.2 Å². The third-order valence-electron chi connectivity index (χ3n) is 2.69. The molecule has 0 unspecified atom stereocenters. The number of amides is 3. The molecule has 4 N–H and O–H groups in total. The lowest BCUT2D eigenvalue weighted by atomic mass is 10.1. The average molecular weight is 316 g/mol. The maximum Gasteiger partial charge on any atom is 0.312 e. The summed E-state index contributed by atoms with van der Waals surface area (Å²) in [4.78, 5) is 23.1. The summed E-state index contributed by atoms with van der Waals surface area (Å²) in [6.07, 6.45) is 2.45. The molecule has 0 radical (unpaired) electrons. The summed E-state index contributed by atoms with van der Waals surface area (Å²) >= 11 is 7.46. The first-order valence-corrected chi connectivity index (χ1v) is 7.83. The number of thioether (sulfide) groups is 1. The molecule has 0 aliphatic rings. The van der Waals surface area contributed by atoms with Crippen LogP contribution < -0.4 is 16.4 Å². The molecule has 0 fully saturated rings. The molecule has 0 spiro atoms. The fourth-order valence-corrected chi connectivity index (χ4v) is 2.36. The van der Waals surface area contributed by atoms with Crippen LogP contribution in [0.1, 0.15) is 12.0 Å². The molecule has 3 amide bonds. The smallest absolute Gasteiger partial charge is 0.312 e. The number of hydrogen-bond donors (Lipinski definition) is 3. The zero-order valence-electron chi connectivity index (χ0n) is 11.4. The van der Waals surface area contributed by atoms with Crippen molar-refractivity contribution in [3.63, 3.8) is 0 Å². The van der Waals surface area contributed by atoms with Gasteiger partial charge in [0.2, 0.25) is 5.91 Å². The second-order valence-electron chi connectivity index (χ2n) is 4.29. The second kappa shape index (κ2) is 8.01. The van der Waals surface area contributed by atoms with Crippen LogP contribution in [0.4, 0.5) is 10.5 Å². The number of urea groups is 1. The number of carbonyl (C=O) groups excluding carboxylic acids is 2. The van der Waals surface area contributed by atoms with Crippen LogP contribution in [0.3, 0.4) is 0 Å². The van der Waals surface area contributed by atoms with Gasteiger partial charge in [0, 0.05) is 10.7 Å². The number of primary amides is 1. The molecule has 1 aromatic rings. The highest BCUT2D eigenvalue weighted by Crippen LogP contribution is 2.20. The van der Waals surface area contributed by atoms with Crippen molar-refractivity contribution in [2.45, 2.75) is 19.4 Å². The molecular weight excluding hydrogens is 298 g/mol. The first-order valence-electron chi connectivity index (χ1n) is 6.06. The number of carbonyl (C=O) groups is 2. The van der Waals surface area contributed by atoms with Gasteiger partial charge in [0.05, 0.1) is 0 Å². The fourth-order valence-electron chi connectivity index (χ4n) is 1.66. The van der Waals surface area contributed by atoms with Crippen LogP contribution >= 0.6 is 23.4 Å². The van der Waals surface area contributed by atoms with Crippen molar-refractivity contribution < 1.29 is 9.59 Å². The van der Waals surface area contributed by atoms with E-state index in [9.17, 15) is 9.59 Å². The van der Waals surface area contributed by atoms with Crippen molar-refractivity contribution in [1.29, 1.82) is 0 Å². The van der Waals surface area contributed by atoms with Gasteiger partial charge in [-0.15, -0.1) is 0 Å². The van der Waals surface area contributed by atoms with E-state index in [0.717, 1.165) is 11.3 Å². The average Bonchev–Trinajstić information content (AvgIpc) is 2.37. The maximum absolute atomic E-state index is 12.2. The van der Waals surface area contributed by atoms with Crippen LogP contribution in [-0.4, -0.2) is 30.0 Å². The summed E-state index contributed by atoms with van der Waals surface area (Å²) < 4.78 is 0. The Hall–Kier alpha value is -1.40. The van der Waals surface area contributed by atoms with Gasteiger partial charge in [-0.25, -0.2) is 4.79 Å². The van der Waals surface area contributed by atoms with E-state index in [0.29, 0.717) is 17.1 Å². The van der Waals surface area contributed by atoms with Gasteiger partial charge >= 0.3 is 6.03 Å². The van der Waals surface area contributed by atoms with Crippen LogP contribution in [0.15, 0.2) is 18.2 Å². The first-order chi connectivity index (χ1) is 9.43. The summed E-state index contributed by atoms with van der Waals surface area (Å²) in [5, 5.41) is 5.83. The number of anilines is 1. The van der Waals surface area contributed by atoms with Gasteiger partial charge in [0.15, 0.2) is 0 Å². The van der Waals surface area contributed by atoms with E-state index >= 15 is 0 Å². The van der Waals surface area contributed by atoms with Crippen LogP contribution in [0.25, 0.3) is 0 Å². The summed E-state index contributed by atoms with van der Waals surface area (Å²) in [6.45, 7) is 1.85. The Morgan fingerprint density at radius 1 is 1.45 bits per heavy atom. The monoisotopic (exact) mass is 315 g/mol. The molecule has 0 bridgehead atoms. The van der Waals surface area contributed by atoms with E-state index in [4.69, 9.17) is 17.3 Å². The summed E-state index contributed by atoms with van der Waals surface area (Å²) in [5.41, 5.74) is 6.61. The molecule has 0 aromatic heterocycles. The molecule has 0 saturated heterocycles. The van der Waals surface area contributed by atoms with Crippen molar-refractivity contribution in [2.75, 3.05) is 17.3 Å². The highest BCUT2D eigenvalue weighted by atomic mass is 35.5. The molecule has 0 aliphatic carbocycles. The molecule has 0 saturated carbocycles. The number of nitrogens with two attached hydrogens (primary N) is 1. The lowest BCUT2D eigenvalue weighted by molar-refractivity contribution is -0.117. The number of benzene rings is 1. The van der Waals surface area contributed by atoms with E-state index in [-0.39, 0.29) is 5.91 Å². The zero-order chi connectivity index (χ0) is 15.1. The number of aryl methyl sites for hydroxylation is 1. The summed E-state index contributed by atoms with van der Waals surface area (Å²) in [7, 11) is 0. The standard InChI is InChI=1S/C13H18ClN3O2S/c1-8-7-9(14)3-4-10(8)16-12(18)11(5-6-20-2)17-13(15)19/h3-4,7,11H,5-6H2,1-2H3,(H,16,18)(H3,15,17,19)/t11-/m1/s1. The predicted molar refractivity (Wildman–Crippen MR) is 84.3 cm³/mol. The van der Waals surface area contributed by atoms with E-state index < -0.39 is 12.1 Å². The van der Waals surface area contributed by atoms with E-state index in [2.05, 4.69) is 10.6 Å². The molecule has 1 rings (SSSR count). The van der Waals surface area contributed by atoms with Gasteiger partial charge in [-0.3, -0.25) is 4.79 Å². The quantitative estimate of drug-likeness (QED) is 0.753. The molecular formula is C13H18ClN3O2S. The molecule has 1 aromatic carbocycles. The van der Waals surface area contributed by atoms with Crippen LogP contribution in [-0.2, 0) is 4.79 Å². The lowest BCUT2D eigenvalue weighted by Gasteiger charge is -2.17. The highest BCUT2D eigenvalue weighted by Gasteiger charge is 2.19. The molecule has 0 aliphatic heterocycles. The third-order valence-corrected chi connectivity index (χ3v) is 3.57. The lowest BCUT2D eigenvalue weighted by Crippen LogP contribution is -2.46. The Morgan fingerprint density at radius 3 is 2.70 bits per heavy atom. The predicted octanol–water partition coefficient (Wildman–Crippen LogP) is 2.38. The molecule has 5 nitrogen and oxygen atoms in total. The fraction of sp³-hybridized carbons (Fsp3) is 0.385. The number of halogens is 1. The van der Waals surface area contributed by atoms with E-state index in [1.165, 1.54) is 0 Å².